The zero-order chi connectivity index (χ0) is 23.6. The van der Waals surface area contributed by atoms with Gasteiger partial charge < -0.3 is 10.1 Å². The summed E-state index contributed by atoms with van der Waals surface area (Å²) in [7, 11) is 1.39. The van der Waals surface area contributed by atoms with Gasteiger partial charge in [-0.3, -0.25) is 4.79 Å². The van der Waals surface area contributed by atoms with Gasteiger partial charge in [0.15, 0.2) is 0 Å². The van der Waals surface area contributed by atoms with E-state index in [4.69, 9.17) is 4.74 Å². The molecule has 1 atom stereocenters. The van der Waals surface area contributed by atoms with Gasteiger partial charge >= 0.3 is 5.97 Å². The van der Waals surface area contributed by atoms with Crippen molar-refractivity contribution >= 4 is 28.2 Å². The number of hydrogen-bond acceptors (Lipinski definition) is 4. The van der Waals surface area contributed by atoms with E-state index in [0.29, 0.717) is 22.0 Å². The number of anilines is 1. The number of methoxy groups -OCH3 is 1. The van der Waals surface area contributed by atoms with E-state index < -0.39 is 0 Å². The topological polar surface area (TPSA) is 55.4 Å². The molecule has 0 spiro atoms. The second kappa shape index (κ2) is 9.52. The Morgan fingerprint density at radius 1 is 1.06 bits per heavy atom. The summed E-state index contributed by atoms with van der Waals surface area (Å²) in [6.07, 6.45) is 3.94. The minimum absolute atomic E-state index is 0.219. The number of nitrogens with one attached hydrogen (secondary N) is 1. The molecule has 5 heteroatoms. The fourth-order valence-electron chi connectivity index (χ4n) is 4.57. The molecular weight excluding hydrogens is 430 g/mol. The van der Waals surface area contributed by atoms with Crippen molar-refractivity contribution in [1.29, 1.82) is 0 Å². The molecule has 0 saturated carbocycles. The standard InChI is InChI=1S/C28H31NO3S/c1-5-28(2,3)21-15-16-22-23(17-21)33-26(24(22)27(31)32-4)29-25(30)20-13-11-19(12-14-20)18-9-7-6-8-10-18/h6-14,21H,5,15-17H2,1-4H3,(H,29,30)/t21-/m0/s1. The maximum Gasteiger partial charge on any atom is 0.341 e. The summed E-state index contributed by atoms with van der Waals surface area (Å²) in [4.78, 5) is 26.9. The van der Waals surface area contributed by atoms with Gasteiger partial charge in [0.2, 0.25) is 0 Å². The predicted molar refractivity (Wildman–Crippen MR) is 135 cm³/mol. The SMILES string of the molecule is CCC(C)(C)[C@H]1CCc2c(sc(NC(=O)c3ccc(-c4ccccc4)cc3)c2C(=O)OC)C1. The molecule has 0 aliphatic heterocycles. The zero-order valence-corrected chi connectivity index (χ0v) is 20.6. The second-order valence-corrected chi connectivity index (χ2v) is 10.5. The summed E-state index contributed by atoms with van der Waals surface area (Å²) in [6, 6.07) is 17.6. The summed E-state index contributed by atoms with van der Waals surface area (Å²) in [5.74, 6) is -0.0348. The van der Waals surface area contributed by atoms with Gasteiger partial charge in [-0.2, -0.15) is 0 Å². The third-order valence-corrected chi connectivity index (χ3v) is 8.32. The van der Waals surface area contributed by atoms with Crippen LogP contribution in [0, 0.1) is 11.3 Å². The van der Waals surface area contributed by atoms with Crippen LogP contribution in [0.3, 0.4) is 0 Å². The third kappa shape index (κ3) is 4.74. The van der Waals surface area contributed by atoms with Crippen LogP contribution in [0.5, 0.6) is 0 Å². The average Bonchev–Trinajstić information content (AvgIpc) is 3.21. The van der Waals surface area contributed by atoms with Gasteiger partial charge in [0.1, 0.15) is 5.00 Å². The molecule has 1 aliphatic rings. The molecule has 172 valence electrons. The molecular formula is C28H31NO3S. The normalized spacial score (nSPS) is 15.6. The van der Waals surface area contributed by atoms with Crippen molar-refractivity contribution in [1.82, 2.24) is 0 Å². The lowest BCUT2D eigenvalue weighted by atomic mass is 9.69. The van der Waals surface area contributed by atoms with E-state index in [2.05, 4.69) is 26.1 Å². The maximum atomic E-state index is 13.1. The number of thiophene rings is 1. The van der Waals surface area contributed by atoms with Crippen LogP contribution in [0.1, 0.15) is 64.8 Å². The molecule has 0 unspecified atom stereocenters. The Bertz CT molecular complexity index is 1150. The van der Waals surface area contributed by atoms with Gasteiger partial charge in [0.05, 0.1) is 12.7 Å². The van der Waals surface area contributed by atoms with Crippen molar-refractivity contribution in [2.75, 3.05) is 12.4 Å². The number of hydrogen-bond donors (Lipinski definition) is 1. The highest BCUT2D eigenvalue weighted by Crippen LogP contribution is 2.45. The molecule has 0 bridgehead atoms. The largest absolute Gasteiger partial charge is 0.465 e. The molecule has 2 aromatic carbocycles. The smallest absolute Gasteiger partial charge is 0.341 e. The van der Waals surface area contributed by atoms with Gasteiger partial charge in [-0.05, 0) is 59.4 Å². The zero-order valence-electron chi connectivity index (χ0n) is 19.7. The van der Waals surface area contributed by atoms with Crippen LogP contribution in [-0.4, -0.2) is 19.0 Å². The molecule has 1 heterocycles. The quantitative estimate of drug-likeness (QED) is 0.402. The lowest BCUT2D eigenvalue weighted by Crippen LogP contribution is -2.28. The number of ether oxygens (including phenoxy) is 1. The monoisotopic (exact) mass is 461 g/mol. The Morgan fingerprint density at radius 2 is 1.73 bits per heavy atom. The Labute approximate surface area is 200 Å². The van der Waals surface area contributed by atoms with E-state index in [1.807, 2.05) is 54.6 Å². The maximum absolute atomic E-state index is 13.1. The van der Waals surface area contributed by atoms with Gasteiger partial charge in [-0.1, -0.05) is 69.7 Å². The van der Waals surface area contributed by atoms with Crippen molar-refractivity contribution in [3.05, 3.63) is 76.2 Å². The van der Waals surface area contributed by atoms with Gasteiger partial charge in [-0.25, -0.2) is 4.79 Å². The van der Waals surface area contributed by atoms with Crippen LogP contribution in [-0.2, 0) is 17.6 Å². The van der Waals surface area contributed by atoms with Gasteiger partial charge in [-0.15, -0.1) is 11.3 Å². The van der Waals surface area contributed by atoms with Crippen molar-refractivity contribution in [2.24, 2.45) is 11.3 Å². The minimum atomic E-state index is -0.379. The molecule has 1 aliphatic carbocycles. The average molecular weight is 462 g/mol. The van der Waals surface area contributed by atoms with Crippen LogP contribution in [0.25, 0.3) is 11.1 Å². The molecule has 33 heavy (non-hydrogen) atoms. The molecule has 1 amide bonds. The van der Waals surface area contributed by atoms with Crippen LogP contribution in [0.15, 0.2) is 54.6 Å². The first kappa shape index (κ1) is 23.2. The highest BCUT2D eigenvalue weighted by molar-refractivity contribution is 7.17. The predicted octanol–water partition coefficient (Wildman–Crippen LogP) is 7.00. The second-order valence-electron chi connectivity index (χ2n) is 9.38. The molecule has 3 aromatic rings. The Hall–Kier alpha value is -2.92. The number of fused-ring (bicyclic) bond motifs is 1. The first-order valence-corrected chi connectivity index (χ1v) is 12.4. The highest BCUT2D eigenvalue weighted by Gasteiger charge is 2.35. The lowest BCUT2D eigenvalue weighted by Gasteiger charge is -2.36. The van der Waals surface area contributed by atoms with Crippen molar-refractivity contribution < 1.29 is 14.3 Å². The molecule has 4 rings (SSSR count). The van der Waals surface area contributed by atoms with Crippen LogP contribution < -0.4 is 5.32 Å². The van der Waals surface area contributed by atoms with E-state index in [9.17, 15) is 9.59 Å². The number of benzene rings is 2. The van der Waals surface area contributed by atoms with Gasteiger partial charge in [0, 0.05) is 10.4 Å². The van der Waals surface area contributed by atoms with E-state index in [1.165, 1.54) is 23.3 Å². The van der Waals surface area contributed by atoms with E-state index >= 15 is 0 Å². The summed E-state index contributed by atoms with van der Waals surface area (Å²) in [6.45, 7) is 6.87. The molecule has 1 N–H and O–H groups in total. The third-order valence-electron chi connectivity index (χ3n) is 7.15. The van der Waals surface area contributed by atoms with E-state index in [0.717, 1.165) is 42.4 Å². The Morgan fingerprint density at radius 3 is 2.36 bits per heavy atom. The summed E-state index contributed by atoms with van der Waals surface area (Å²) in [5, 5.41) is 3.60. The summed E-state index contributed by atoms with van der Waals surface area (Å²) in [5.41, 5.74) is 4.54. The number of carbonyl (C=O) groups is 2. The number of amides is 1. The van der Waals surface area contributed by atoms with Crippen LogP contribution in [0.2, 0.25) is 0 Å². The minimum Gasteiger partial charge on any atom is -0.465 e. The fourth-order valence-corrected chi connectivity index (χ4v) is 5.88. The van der Waals surface area contributed by atoms with Crippen molar-refractivity contribution in [3.63, 3.8) is 0 Å². The van der Waals surface area contributed by atoms with Crippen LogP contribution >= 0.6 is 11.3 Å². The summed E-state index contributed by atoms with van der Waals surface area (Å²) >= 11 is 1.53. The lowest BCUT2D eigenvalue weighted by molar-refractivity contribution is 0.0600. The molecule has 0 saturated heterocycles. The van der Waals surface area contributed by atoms with Gasteiger partial charge in [0.25, 0.3) is 5.91 Å². The van der Waals surface area contributed by atoms with E-state index in [1.54, 1.807) is 0 Å². The van der Waals surface area contributed by atoms with Crippen molar-refractivity contribution in [2.45, 2.75) is 46.5 Å². The molecule has 1 aromatic heterocycles. The number of esters is 1. The highest BCUT2D eigenvalue weighted by atomic mass is 32.1. The Kier molecular flexibility index (Phi) is 6.71. The first-order valence-electron chi connectivity index (χ1n) is 11.5. The molecule has 0 fully saturated rings. The summed E-state index contributed by atoms with van der Waals surface area (Å²) < 4.78 is 5.09. The molecule has 4 nitrogen and oxygen atoms in total. The number of rotatable bonds is 6. The fraction of sp³-hybridized carbons (Fsp3) is 0.357. The van der Waals surface area contributed by atoms with E-state index in [-0.39, 0.29) is 17.3 Å². The first-order chi connectivity index (χ1) is 15.8. The Balaban J connectivity index is 1.59. The van der Waals surface area contributed by atoms with Crippen LogP contribution in [0.4, 0.5) is 5.00 Å². The number of carbonyl (C=O) groups excluding carboxylic acids is 2. The van der Waals surface area contributed by atoms with Crippen molar-refractivity contribution in [3.8, 4) is 11.1 Å². The molecule has 0 radical (unpaired) electrons.